The number of nitrogens with one attached hydrogen (secondary N) is 12. The molecule has 14 atom stereocenters. The SMILES string of the molecule is CC(C)C[C@H](NC(=O)[C@@H](N)CC(C)C)C(=O)N1CCC[C@H]1C(=O)N[C@@H](CCCCN)C(=O)N[C@@H](CCCCN)C(=O)N[C@H](C(=O)N[C@@H](CCC(=O)O)C(=O)N[C@@H](CO)C(=O)N[C@@H](Cc1cnc[nH]1)C(=O)N[C@@H](CCCCN)C(=O)N[C@@H](C)C(=O)N[C@@H](CCCCN)C(=O)N[C@@H](CO)C(=O)O)[C@@H](C)O. The van der Waals surface area contributed by atoms with Crippen LogP contribution in [0.15, 0.2) is 12.5 Å². The number of aromatic amines is 1. The van der Waals surface area contributed by atoms with E-state index < -0.39 is 194 Å². The van der Waals surface area contributed by atoms with Crippen LogP contribution in [0, 0.1) is 11.8 Å². The molecule has 0 radical (unpaired) electrons. The Labute approximate surface area is 599 Å². The monoisotopic (exact) mass is 1470 g/mol. The van der Waals surface area contributed by atoms with Gasteiger partial charge in [-0.1, -0.05) is 27.7 Å². The Morgan fingerprint density at radius 1 is 0.495 bits per heavy atom. The number of rotatable bonds is 52. The highest BCUT2D eigenvalue weighted by Crippen LogP contribution is 2.22. The number of carboxylic acids is 2. The average Bonchev–Trinajstić information content (AvgIpc) is 1.74. The minimum Gasteiger partial charge on any atom is -0.481 e. The Morgan fingerprint density at radius 2 is 0.903 bits per heavy atom. The van der Waals surface area contributed by atoms with Crippen LogP contribution in [-0.4, -0.2) is 254 Å². The number of H-pyrrole nitrogens is 1. The van der Waals surface area contributed by atoms with Crippen LogP contribution in [0.5, 0.6) is 0 Å². The number of carboxylic acid groups (broad SMARTS) is 2. The smallest absolute Gasteiger partial charge is 0.328 e. The molecule has 2 heterocycles. The molecular formula is C65H115N19O19. The minimum absolute atomic E-state index is 0.00768. The summed E-state index contributed by atoms with van der Waals surface area (Å²) >= 11 is 0. The first-order chi connectivity index (χ1) is 48.8. The molecular weight excluding hydrogens is 1350 g/mol. The van der Waals surface area contributed by atoms with Crippen molar-refractivity contribution < 1.29 is 92.7 Å². The first-order valence-corrected chi connectivity index (χ1v) is 35.3. The summed E-state index contributed by atoms with van der Waals surface area (Å²) in [6, 6.07) is -19.0. The molecule has 0 aromatic carbocycles. The van der Waals surface area contributed by atoms with Crippen LogP contribution in [0.2, 0.25) is 0 Å². The number of nitrogens with two attached hydrogens (primary N) is 5. The molecule has 0 saturated carbocycles. The third kappa shape index (κ3) is 33.2. The van der Waals surface area contributed by atoms with Gasteiger partial charge in [-0.2, -0.15) is 0 Å². The first kappa shape index (κ1) is 90.6. The van der Waals surface area contributed by atoms with Gasteiger partial charge in [-0.05, 0) is 161 Å². The summed E-state index contributed by atoms with van der Waals surface area (Å²) < 4.78 is 0. The van der Waals surface area contributed by atoms with Crippen molar-refractivity contribution in [3.05, 3.63) is 18.2 Å². The van der Waals surface area contributed by atoms with Gasteiger partial charge in [-0.25, -0.2) is 9.78 Å². The lowest BCUT2D eigenvalue weighted by molar-refractivity contribution is -0.143. The van der Waals surface area contributed by atoms with E-state index in [4.69, 9.17) is 28.7 Å². The fourth-order valence-electron chi connectivity index (χ4n) is 11.1. The van der Waals surface area contributed by atoms with Crippen LogP contribution in [-0.2, 0) is 73.5 Å². The zero-order chi connectivity index (χ0) is 77.5. The number of likely N-dealkylation sites (tertiary alicyclic amines) is 1. The zero-order valence-corrected chi connectivity index (χ0v) is 60.0. The summed E-state index contributed by atoms with van der Waals surface area (Å²) in [5.74, 6) is -14.1. The number of amides is 12. The third-order valence-corrected chi connectivity index (χ3v) is 16.9. The van der Waals surface area contributed by atoms with Gasteiger partial charge in [0.25, 0.3) is 0 Å². The van der Waals surface area contributed by atoms with Gasteiger partial charge in [0, 0.05) is 31.3 Å². The number of carbonyl (C=O) groups excluding carboxylic acids is 12. The molecule has 0 spiro atoms. The molecule has 584 valence electrons. The van der Waals surface area contributed by atoms with Crippen molar-refractivity contribution in [2.75, 3.05) is 45.9 Å². The summed E-state index contributed by atoms with van der Waals surface area (Å²) in [5.41, 5.74) is 29.3. The van der Waals surface area contributed by atoms with Crippen LogP contribution < -0.4 is 87.2 Å². The quantitative estimate of drug-likeness (QED) is 0.0270. The number of aliphatic hydroxyl groups is 3. The van der Waals surface area contributed by atoms with Gasteiger partial charge < -0.3 is 123 Å². The molecule has 0 aliphatic carbocycles. The Kier molecular flexibility index (Phi) is 42.6. The van der Waals surface area contributed by atoms with Crippen molar-refractivity contribution in [1.29, 1.82) is 0 Å². The van der Waals surface area contributed by atoms with Crippen molar-refractivity contribution >= 4 is 82.8 Å². The highest BCUT2D eigenvalue weighted by atomic mass is 16.4. The average molecular weight is 1470 g/mol. The minimum atomic E-state index is -1.95. The van der Waals surface area contributed by atoms with Gasteiger partial charge >= 0.3 is 11.9 Å². The lowest BCUT2D eigenvalue weighted by Gasteiger charge is -2.31. The Bertz CT molecular complexity index is 2890. The van der Waals surface area contributed by atoms with E-state index in [1.807, 2.05) is 27.7 Å². The molecule has 1 fully saturated rings. The van der Waals surface area contributed by atoms with Gasteiger partial charge in [-0.15, -0.1) is 0 Å². The van der Waals surface area contributed by atoms with Crippen molar-refractivity contribution in [3.63, 3.8) is 0 Å². The van der Waals surface area contributed by atoms with Crippen molar-refractivity contribution in [3.8, 4) is 0 Å². The van der Waals surface area contributed by atoms with Crippen LogP contribution in [0.25, 0.3) is 0 Å². The molecule has 0 bridgehead atoms. The highest BCUT2D eigenvalue weighted by molar-refractivity contribution is 6.00. The molecule has 1 aliphatic heterocycles. The van der Waals surface area contributed by atoms with E-state index in [1.54, 1.807) is 0 Å². The van der Waals surface area contributed by atoms with E-state index >= 15 is 0 Å². The molecule has 1 aromatic heterocycles. The van der Waals surface area contributed by atoms with Gasteiger partial charge in [0.15, 0.2) is 0 Å². The van der Waals surface area contributed by atoms with Crippen molar-refractivity contribution in [2.45, 2.75) is 248 Å². The fourth-order valence-corrected chi connectivity index (χ4v) is 11.1. The molecule has 27 N–H and O–H groups in total. The maximum Gasteiger partial charge on any atom is 0.328 e. The molecule has 12 amide bonds. The van der Waals surface area contributed by atoms with Crippen molar-refractivity contribution in [2.24, 2.45) is 40.5 Å². The second-order valence-corrected chi connectivity index (χ2v) is 26.6. The zero-order valence-electron chi connectivity index (χ0n) is 60.0. The van der Waals surface area contributed by atoms with Crippen LogP contribution in [0.4, 0.5) is 0 Å². The van der Waals surface area contributed by atoms with E-state index in [-0.39, 0.29) is 108 Å². The second kappa shape index (κ2) is 48.4. The predicted molar refractivity (Wildman–Crippen MR) is 373 cm³/mol. The number of aliphatic hydroxyl groups excluding tert-OH is 3. The molecule has 1 saturated heterocycles. The number of imidazole rings is 1. The topological polar surface area (TPSA) is 634 Å². The fraction of sp³-hybridized carbons (Fsp3) is 0.738. The summed E-state index contributed by atoms with van der Waals surface area (Å²) in [5, 5.41) is 77.3. The number of hydrogen-bond acceptors (Lipinski definition) is 23. The molecule has 0 unspecified atom stereocenters. The van der Waals surface area contributed by atoms with E-state index in [1.165, 1.54) is 24.3 Å². The number of aromatic nitrogens is 2. The number of hydrogen-bond donors (Lipinski definition) is 22. The van der Waals surface area contributed by atoms with E-state index in [9.17, 15) is 92.7 Å². The predicted octanol–water partition coefficient (Wildman–Crippen LogP) is -6.45. The number of aliphatic carboxylic acids is 2. The first-order valence-electron chi connectivity index (χ1n) is 35.3. The second-order valence-electron chi connectivity index (χ2n) is 26.6. The van der Waals surface area contributed by atoms with Gasteiger partial charge in [0.1, 0.15) is 72.5 Å². The van der Waals surface area contributed by atoms with Gasteiger partial charge in [0.2, 0.25) is 70.9 Å². The lowest BCUT2D eigenvalue weighted by atomic mass is 10.00. The number of nitrogens with zero attached hydrogens (tertiary/aromatic N) is 2. The van der Waals surface area contributed by atoms with Gasteiger partial charge in [0.05, 0.1) is 31.7 Å². The Morgan fingerprint density at radius 3 is 1.35 bits per heavy atom. The molecule has 1 aliphatic rings. The molecule has 38 nitrogen and oxygen atoms in total. The summed E-state index contributed by atoms with van der Waals surface area (Å²) in [7, 11) is 0. The van der Waals surface area contributed by atoms with Crippen LogP contribution in [0.1, 0.15) is 163 Å². The lowest BCUT2D eigenvalue weighted by Crippen LogP contribution is -2.62. The summed E-state index contributed by atoms with van der Waals surface area (Å²) in [6.45, 7) is 8.77. The Hall–Kier alpha value is -8.53. The molecule has 1 aromatic rings. The molecule has 103 heavy (non-hydrogen) atoms. The summed E-state index contributed by atoms with van der Waals surface area (Å²) in [6.07, 6.45) is 2.74. The van der Waals surface area contributed by atoms with Crippen molar-refractivity contribution in [1.82, 2.24) is 73.4 Å². The van der Waals surface area contributed by atoms with E-state index in [2.05, 4.69) is 68.5 Å². The normalized spacial score (nSPS) is 16.6. The largest absolute Gasteiger partial charge is 0.481 e. The number of carbonyl (C=O) groups is 14. The van der Waals surface area contributed by atoms with Gasteiger partial charge in [-0.3, -0.25) is 62.3 Å². The van der Waals surface area contributed by atoms with Crippen LogP contribution in [0.3, 0.4) is 0 Å². The van der Waals surface area contributed by atoms with E-state index in [0.29, 0.717) is 51.4 Å². The number of unbranched alkanes of at least 4 members (excludes halogenated alkanes) is 4. The highest BCUT2D eigenvalue weighted by Gasteiger charge is 2.41. The van der Waals surface area contributed by atoms with Crippen LogP contribution >= 0.6 is 0 Å². The summed E-state index contributed by atoms with van der Waals surface area (Å²) in [4.78, 5) is 199. The Balaban J connectivity index is 2.43. The standard InChI is InChI=1S/C65H115N19O19/c1-35(2)28-40(70)54(91)80-47(29-36(3)4)64(101)84-27-15-20-50(84)62(99)77-43(18-9-13-25-68)56(93)75-44(19-10-14-26-69)59(96)83-52(38(6)87)63(100)78-45(21-22-51(88)89)58(95)81-48(32-85)61(98)79-46(30-39-31-71-34-72-39)60(97)76-41(16-7-11-23-66)55(92)73-37(5)53(90)74-42(17-8-12-24-67)57(94)82-49(33-86)65(102)103/h31,34-38,40-50,52,85-87H,7-30,32-33,66-70H2,1-6H3,(H,71,72)(H,73,92)(H,74,90)(H,75,93)(H,76,97)(H,77,99)(H,78,100)(H,79,98)(H,80,91)(H,81,95)(H,82,94)(H,83,96)(H,88,89)(H,102,103)/t37-,38+,40-,41-,42-,43-,44-,45-,46-,47-,48-,49-,50-,52-/m0/s1. The maximum absolute atomic E-state index is 14.4. The third-order valence-electron chi connectivity index (χ3n) is 16.9. The maximum atomic E-state index is 14.4. The molecule has 2 rings (SSSR count). The molecule has 38 heteroatoms. The van der Waals surface area contributed by atoms with E-state index in [0.717, 1.165) is 6.92 Å².